The van der Waals surface area contributed by atoms with E-state index in [2.05, 4.69) is 31.0 Å². The van der Waals surface area contributed by atoms with E-state index in [9.17, 15) is 4.79 Å². The van der Waals surface area contributed by atoms with Crippen molar-refractivity contribution >= 4 is 40.9 Å². The third-order valence-corrected chi connectivity index (χ3v) is 6.17. The predicted molar refractivity (Wildman–Crippen MR) is 110 cm³/mol. The Morgan fingerprint density at radius 3 is 2.56 bits per heavy atom. The van der Waals surface area contributed by atoms with Crippen molar-refractivity contribution in [1.29, 1.82) is 0 Å². The van der Waals surface area contributed by atoms with Crippen molar-refractivity contribution in [2.45, 2.75) is 44.9 Å². The van der Waals surface area contributed by atoms with Gasteiger partial charge in [0.05, 0.1) is 0 Å². The lowest BCUT2D eigenvalue weighted by Gasteiger charge is -2.31. The fraction of sp³-hybridized carbons (Fsp3) is 0.632. The van der Waals surface area contributed by atoms with Crippen LogP contribution in [0.1, 0.15) is 39.2 Å². The summed E-state index contributed by atoms with van der Waals surface area (Å²) in [5.74, 6) is 1.30. The molecule has 0 bridgehead atoms. The molecule has 1 amide bonds. The molecule has 6 heteroatoms. The number of nitrogens with zero attached hydrogens (tertiary/aromatic N) is 1. The molecule has 140 valence electrons. The van der Waals surface area contributed by atoms with Crippen molar-refractivity contribution in [3.05, 3.63) is 33.8 Å². The molecule has 25 heavy (non-hydrogen) atoms. The zero-order valence-corrected chi connectivity index (χ0v) is 17.6. The number of carbonyl (C=O) groups is 1. The van der Waals surface area contributed by atoms with Crippen molar-refractivity contribution in [3.8, 4) is 0 Å². The molecule has 1 aromatic rings. The summed E-state index contributed by atoms with van der Waals surface area (Å²) in [4.78, 5) is 14.7. The molecule has 0 unspecified atom stereocenters. The SMILES string of the molecule is CC(C)(C)SCCNC(=O)C1CCN(Cc2ccc(Cl)cc2Cl)CC1. The summed E-state index contributed by atoms with van der Waals surface area (Å²) < 4.78 is 0.249. The number of halogens is 2. The lowest BCUT2D eigenvalue weighted by atomic mass is 9.95. The molecule has 0 spiro atoms. The van der Waals surface area contributed by atoms with Crippen LogP contribution in [0.3, 0.4) is 0 Å². The smallest absolute Gasteiger partial charge is 0.223 e. The largest absolute Gasteiger partial charge is 0.355 e. The van der Waals surface area contributed by atoms with Crippen LogP contribution >= 0.6 is 35.0 Å². The summed E-state index contributed by atoms with van der Waals surface area (Å²) in [6.07, 6.45) is 1.81. The van der Waals surface area contributed by atoms with E-state index in [-0.39, 0.29) is 16.6 Å². The van der Waals surface area contributed by atoms with Crippen LogP contribution in [-0.4, -0.2) is 40.9 Å². The third kappa shape index (κ3) is 7.38. The van der Waals surface area contributed by atoms with Gasteiger partial charge in [-0.3, -0.25) is 9.69 Å². The summed E-state index contributed by atoms with van der Waals surface area (Å²) >= 11 is 14.1. The van der Waals surface area contributed by atoms with Crippen molar-refractivity contribution in [3.63, 3.8) is 0 Å². The Morgan fingerprint density at radius 1 is 1.28 bits per heavy atom. The van der Waals surface area contributed by atoms with Gasteiger partial charge in [-0.05, 0) is 43.6 Å². The van der Waals surface area contributed by atoms with Crippen LogP contribution in [0.4, 0.5) is 0 Å². The quantitative estimate of drug-likeness (QED) is 0.689. The van der Waals surface area contributed by atoms with Gasteiger partial charge < -0.3 is 5.32 Å². The molecule has 0 atom stereocenters. The van der Waals surface area contributed by atoms with Crippen LogP contribution in [0.5, 0.6) is 0 Å². The maximum absolute atomic E-state index is 12.3. The standard InChI is InChI=1S/C19H28Cl2N2OS/c1-19(2,3)25-11-8-22-18(24)14-6-9-23(10-7-14)13-15-4-5-16(20)12-17(15)21/h4-5,12,14H,6-11,13H2,1-3H3,(H,22,24). The number of amides is 1. The summed E-state index contributed by atoms with van der Waals surface area (Å²) in [6.45, 7) is 10.0. The van der Waals surface area contributed by atoms with Crippen LogP contribution in [0.15, 0.2) is 18.2 Å². The van der Waals surface area contributed by atoms with E-state index >= 15 is 0 Å². The van der Waals surface area contributed by atoms with Gasteiger partial charge in [0.25, 0.3) is 0 Å². The second-order valence-electron chi connectivity index (χ2n) is 7.54. The average Bonchev–Trinajstić information content (AvgIpc) is 2.54. The molecule has 1 N–H and O–H groups in total. The first-order valence-corrected chi connectivity index (χ1v) is 10.6. The number of likely N-dealkylation sites (tertiary alicyclic amines) is 1. The molecule has 1 aliphatic rings. The van der Waals surface area contributed by atoms with Gasteiger partial charge in [-0.2, -0.15) is 11.8 Å². The third-order valence-electron chi connectivity index (χ3n) is 4.30. The Labute approximate surface area is 165 Å². The van der Waals surface area contributed by atoms with Gasteiger partial charge in [0.15, 0.2) is 0 Å². The van der Waals surface area contributed by atoms with E-state index in [0.717, 1.165) is 50.3 Å². The molecule has 1 aromatic carbocycles. The van der Waals surface area contributed by atoms with E-state index in [4.69, 9.17) is 23.2 Å². The van der Waals surface area contributed by atoms with Crippen molar-refractivity contribution < 1.29 is 4.79 Å². The van der Waals surface area contributed by atoms with Crippen LogP contribution in [0, 0.1) is 5.92 Å². The Bertz CT molecular complexity index is 581. The van der Waals surface area contributed by atoms with Crippen LogP contribution in [-0.2, 0) is 11.3 Å². The molecule has 1 aliphatic heterocycles. The number of benzene rings is 1. The Hall–Kier alpha value is -0.420. The zero-order chi connectivity index (χ0) is 18.4. The Balaban J connectivity index is 1.71. The Morgan fingerprint density at radius 2 is 1.96 bits per heavy atom. The zero-order valence-electron chi connectivity index (χ0n) is 15.3. The number of hydrogen-bond acceptors (Lipinski definition) is 3. The molecular formula is C19H28Cl2N2OS. The first-order valence-electron chi connectivity index (χ1n) is 8.82. The van der Waals surface area contributed by atoms with E-state index in [0.29, 0.717) is 10.0 Å². The van der Waals surface area contributed by atoms with Gasteiger partial charge in [0.1, 0.15) is 0 Å². The molecule has 0 radical (unpaired) electrons. The number of thioether (sulfide) groups is 1. The highest BCUT2D eigenvalue weighted by molar-refractivity contribution is 8.00. The van der Waals surface area contributed by atoms with Gasteiger partial charge in [0, 0.05) is 39.6 Å². The molecule has 3 nitrogen and oxygen atoms in total. The highest BCUT2D eigenvalue weighted by Crippen LogP contribution is 2.25. The lowest BCUT2D eigenvalue weighted by molar-refractivity contribution is -0.126. The predicted octanol–water partition coefficient (Wildman–Crippen LogP) is 4.85. The monoisotopic (exact) mass is 402 g/mol. The maximum Gasteiger partial charge on any atom is 0.223 e. The number of carbonyl (C=O) groups excluding carboxylic acids is 1. The van der Waals surface area contributed by atoms with Crippen molar-refractivity contribution in [2.75, 3.05) is 25.4 Å². The molecule has 0 saturated carbocycles. The van der Waals surface area contributed by atoms with Crippen molar-refractivity contribution in [2.24, 2.45) is 5.92 Å². The first kappa shape index (κ1) is 20.9. The van der Waals surface area contributed by atoms with E-state index in [1.807, 2.05) is 23.9 Å². The second kappa shape index (κ2) is 9.50. The minimum atomic E-state index is 0.136. The fourth-order valence-corrected chi connectivity index (χ4v) is 4.20. The van der Waals surface area contributed by atoms with Gasteiger partial charge in [0.2, 0.25) is 5.91 Å². The maximum atomic E-state index is 12.3. The molecule has 1 fully saturated rings. The minimum absolute atomic E-state index is 0.136. The highest BCUT2D eigenvalue weighted by Gasteiger charge is 2.25. The van der Waals surface area contributed by atoms with Gasteiger partial charge in [-0.25, -0.2) is 0 Å². The van der Waals surface area contributed by atoms with Gasteiger partial charge >= 0.3 is 0 Å². The molecule has 1 heterocycles. The molecular weight excluding hydrogens is 375 g/mol. The van der Waals surface area contributed by atoms with Crippen molar-refractivity contribution in [1.82, 2.24) is 10.2 Å². The van der Waals surface area contributed by atoms with E-state index in [1.54, 1.807) is 6.07 Å². The summed E-state index contributed by atoms with van der Waals surface area (Å²) in [5, 5.41) is 4.46. The average molecular weight is 403 g/mol. The number of hydrogen-bond donors (Lipinski definition) is 1. The fourth-order valence-electron chi connectivity index (χ4n) is 2.92. The number of nitrogens with one attached hydrogen (secondary N) is 1. The highest BCUT2D eigenvalue weighted by atomic mass is 35.5. The topological polar surface area (TPSA) is 32.3 Å². The van der Waals surface area contributed by atoms with Crippen LogP contribution < -0.4 is 5.32 Å². The summed E-state index contributed by atoms with van der Waals surface area (Å²) in [5.41, 5.74) is 1.09. The molecule has 2 rings (SSSR count). The molecule has 0 aromatic heterocycles. The summed E-state index contributed by atoms with van der Waals surface area (Å²) in [7, 11) is 0. The van der Waals surface area contributed by atoms with Gasteiger partial charge in [-0.1, -0.05) is 50.0 Å². The van der Waals surface area contributed by atoms with E-state index < -0.39 is 0 Å². The minimum Gasteiger partial charge on any atom is -0.355 e. The van der Waals surface area contributed by atoms with Crippen LogP contribution in [0.2, 0.25) is 10.0 Å². The number of rotatable bonds is 6. The molecule has 0 aliphatic carbocycles. The first-order chi connectivity index (χ1) is 11.7. The second-order valence-corrected chi connectivity index (χ2v) is 10.3. The summed E-state index contributed by atoms with van der Waals surface area (Å²) in [6, 6.07) is 5.64. The normalized spacial score (nSPS) is 16.8. The molecule has 1 saturated heterocycles. The van der Waals surface area contributed by atoms with Gasteiger partial charge in [-0.15, -0.1) is 0 Å². The Kier molecular flexibility index (Phi) is 7.93. The van der Waals surface area contributed by atoms with Crippen LogP contribution in [0.25, 0.3) is 0 Å². The van der Waals surface area contributed by atoms with E-state index in [1.165, 1.54) is 0 Å². The number of piperidine rings is 1. The lowest BCUT2D eigenvalue weighted by Crippen LogP contribution is -2.40.